The highest BCUT2D eigenvalue weighted by Crippen LogP contribution is 2.25. The molecule has 0 aliphatic heterocycles. The number of ether oxygens (including phenoxy) is 2. The van der Waals surface area contributed by atoms with E-state index in [1.54, 1.807) is 24.3 Å². The summed E-state index contributed by atoms with van der Waals surface area (Å²) in [5, 5.41) is 0. The zero-order valence-corrected chi connectivity index (χ0v) is 14.0. The number of carbonyl (C=O) groups excluding carboxylic acids is 3. The van der Waals surface area contributed by atoms with E-state index < -0.39 is 5.78 Å². The van der Waals surface area contributed by atoms with Crippen LogP contribution >= 0.6 is 0 Å². The molecule has 0 aromatic heterocycles. The third-order valence-corrected chi connectivity index (χ3v) is 3.70. The average molecular weight is 326 g/mol. The highest BCUT2D eigenvalue weighted by Gasteiger charge is 2.22. The van der Waals surface area contributed by atoms with E-state index in [0.717, 1.165) is 0 Å². The molecule has 0 heterocycles. The number of hydrogen-bond donors (Lipinski definition) is 0. The van der Waals surface area contributed by atoms with Crippen LogP contribution < -0.4 is 9.47 Å². The number of Topliss-reactive ketones (excluding diaryl/α,β-unsaturated/α-hetero) is 2. The summed E-state index contributed by atoms with van der Waals surface area (Å²) < 4.78 is 10.3. The Kier molecular flexibility index (Phi) is 5.14. The first-order valence-electron chi connectivity index (χ1n) is 7.31. The Morgan fingerprint density at radius 2 is 1.04 bits per heavy atom. The van der Waals surface area contributed by atoms with Gasteiger partial charge in [0.15, 0.2) is 17.3 Å². The van der Waals surface area contributed by atoms with E-state index in [-0.39, 0.29) is 33.8 Å². The largest absolute Gasteiger partial charge is 0.497 e. The minimum absolute atomic E-state index is 0.192. The molecule has 0 radical (unpaired) electrons. The number of hydrogen-bond acceptors (Lipinski definition) is 5. The maximum absolute atomic E-state index is 13.0. The molecular formula is C19H18O5. The van der Waals surface area contributed by atoms with Crippen LogP contribution in [0.15, 0.2) is 36.4 Å². The summed E-state index contributed by atoms with van der Waals surface area (Å²) in [5.74, 6) is -0.00371. The van der Waals surface area contributed by atoms with Crippen molar-refractivity contribution in [3.8, 4) is 11.5 Å². The predicted octanol–water partition coefficient (Wildman–Crippen LogP) is 3.34. The highest BCUT2D eigenvalue weighted by atomic mass is 16.5. The first kappa shape index (κ1) is 17.4. The molecule has 0 aliphatic rings. The molecule has 124 valence electrons. The van der Waals surface area contributed by atoms with Gasteiger partial charge in [-0.05, 0) is 50.2 Å². The highest BCUT2D eigenvalue weighted by molar-refractivity contribution is 6.19. The Balaban J connectivity index is 2.68. The van der Waals surface area contributed by atoms with Crippen molar-refractivity contribution in [2.75, 3.05) is 14.2 Å². The molecule has 5 nitrogen and oxygen atoms in total. The van der Waals surface area contributed by atoms with E-state index in [0.29, 0.717) is 11.5 Å². The second-order valence-electron chi connectivity index (χ2n) is 5.26. The van der Waals surface area contributed by atoms with Crippen molar-refractivity contribution in [2.45, 2.75) is 13.8 Å². The average Bonchev–Trinajstić information content (AvgIpc) is 2.59. The van der Waals surface area contributed by atoms with Gasteiger partial charge in [-0.15, -0.1) is 0 Å². The second kappa shape index (κ2) is 7.08. The summed E-state index contributed by atoms with van der Waals surface area (Å²) in [5.41, 5.74) is 0.937. The van der Waals surface area contributed by atoms with Crippen molar-refractivity contribution in [3.63, 3.8) is 0 Å². The fraction of sp³-hybridized carbons (Fsp3) is 0.211. The van der Waals surface area contributed by atoms with Gasteiger partial charge >= 0.3 is 0 Å². The van der Waals surface area contributed by atoms with Crippen LogP contribution in [0.4, 0.5) is 0 Å². The first-order valence-corrected chi connectivity index (χ1v) is 7.31. The number of carbonyl (C=O) groups is 3. The molecule has 2 rings (SSSR count). The van der Waals surface area contributed by atoms with E-state index in [1.807, 2.05) is 0 Å². The third-order valence-electron chi connectivity index (χ3n) is 3.70. The topological polar surface area (TPSA) is 69.7 Å². The molecule has 2 aromatic rings. The van der Waals surface area contributed by atoms with Crippen molar-refractivity contribution >= 4 is 17.3 Å². The lowest BCUT2D eigenvalue weighted by molar-refractivity contribution is 0.0982. The summed E-state index contributed by atoms with van der Waals surface area (Å²) in [6, 6.07) is 9.32. The quantitative estimate of drug-likeness (QED) is 0.762. The van der Waals surface area contributed by atoms with Crippen LogP contribution in [-0.2, 0) is 0 Å². The van der Waals surface area contributed by atoms with Crippen LogP contribution in [0, 0.1) is 0 Å². The summed E-state index contributed by atoms with van der Waals surface area (Å²) >= 11 is 0. The molecule has 0 spiro atoms. The normalized spacial score (nSPS) is 10.2. The third kappa shape index (κ3) is 3.35. The lowest BCUT2D eigenvalue weighted by Gasteiger charge is -2.12. The summed E-state index contributed by atoms with van der Waals surface area (Å²) in [6.45, 7) is 2.77. The van der Waals surface area contributed by atoms with Crippen LogP contribution in [0.2, 0.25) is 0 Å². The molecule has 0 saturated heterocycles. The maximum atomic E-state index is 13.0. The molecule has 24 heavy (non-hydrogen) atoms. The van der Waals surface area contributed by atoms with Gasteiger partial charge in [0, 0.05) is 22.3 Å². The fourth-order valence-electron chi connectivity index (χ4n) is 2.44. The summed E-state index contributed by atoms with van der Waals surface area (Å²) in [6.07, 6.45) is 0. The monoisotopic (exact) mass is 326 g/mol. The van der Waals surface area contributed by atoms with Gasteiger partial charge in [-0.2, -0.15) is 0 Å². The van der Waals surface area contributed by atoms with E-state index in [1.165, 1.54) is 40.2 Å². The van der Waals surface area contributed by atoms with Gasteiger partial charge in [-0.1, -0.05) is 0 Å². The number of benzene rings is 2. The van der Waals surface area contributed by atoms with Gasteiger partial charge in [-0.3, -0.25) is 14.4 Å². The smallest absolute Gasteiger partial charge is 0.194 e. The van der Waals surface area contributed by atoms with Gasteiger partial charge in [0.1, 0.15) is 11.5 Å². The van der Waals surface area contributed by atoms with Gasteiger partial charge in [0.25, 0.3) is 0 Å². The van der Waals surface area contributed by atoms with E-state index in [2.05, 4.69) is 0 Å². The first-order chi connectivity index (χ1) is 11.4. The van der Waals surface area contributed by atoms with Crippen molar-refractivity contribution in [3.05, 3.63) is 58.7 Å². The summed E-state index contributed by atoms with van der Waals surface area (Å²) in [7, 11) is 2.95. The Bertz CT molecular complexity index is 753. The molecule has 0 unspecified atom stereocenters. The standard InChI is InChI=1S/C19H18O5/c1-11(20)15-7-5-13(23-3)9-17(15)19(22)18-10-14(24-4)6-8-16(18)12(2)21/h5-10H,1-4H3. The van der Waals surface area contributed by atoms with Crippen LogP contribution in [-0.4, -0.2) is 31.6 Å². The zero-order valence-electron chi connectivity index (χ0n) is 14.0. The van der Waals surface area contributed by atoms with Gasteiger partial charge in [0.05, 0.1) is 14.2 Å². The molecule has 0 N–H and O–H groups in total. The molecule has 0 bridgehead atoms. The lowest BCUT2D eigenvalue weighted by Crippen LogP contribution is -2.12. The lowest BCUT2D eigenvalue weighted by atomic mass is 9.92. The van der Waals surface area contributed by atoms with Crippen LogP contribution in [0.1, 0.15) is 50.5 Å². The minimum atomic E-state index is -0.428. The molecular weight excluding hydrogens is 308 g/mol. The SMILES string of the molecule is COc1ccc(C(C)=O)c(C(=O)c2cc(OC)ccc2C(C)=O)c1. The molecule has 0 amide bonds. The van der Waals surface area contributed by atoms with Crippen molar-refractivity contribution < 1.29 is 23.9 Å². The van der Waals surface area contributed by atoms with Gasteiger partial charge in [-0.25, -0.2) is 0 Å². The molecule has 0 aliphatic carbocycles. The van der Waals surface area contributed by atoms with Crippen molar-refractivity contribution in [2.24, 2.45) is 0 Å². The predicted molar refractivity (Wildman–Crippen MR) is 89.4 cm³/mol. The van der Waals surface area contributed by atoms with E-state index in [4.69, 9.17) is 9.47 Å². The Morgan fingerprint density at radius 3 is 1.33 bits per heavy atom. The zero-order chi connectivity index (χ0) is 17.9. The van der Waals surface area contributed by atoms with Crippen LogP contribution in [0.5, 0.6) is 11.5 Å². The van der Waals surface area contributed by atoms with Crippen molar-refractivity contribution in [1.82, 2.24) is 0 Å². The molecule has 0 fully saturated rings. The molecule has 0 atom stereocenters. The van der Waals surface area contributed by atoms with E-state index in [9.17, 15) is 14.4 Å². The van der Waals surface area contributed by atoms with Crippen LogP contribution in [0.3, 0.4) is 0 Å². The van der Waals surface area contributed by atoms with Crippen molar-refractivity contribution in [1.29, 1.82) is 0 Å². The Hall–Kier alpha value is -2.95. The Morgan fingerprint density at radius 1 is 0.667 bits per heavy atom. The van der Waals surface area contributed by atoms with Gasteiger partial charge in [0.2, 0.25) is 0 Å². The number of ketones is 3. The Labute approximate surface area is 140 Å². The van der Waals surface area contributed by atoms with Gasteiger partial charge < -0.3 is 9.47 Å². The maximum Gasteiger partial charge on any atom is 0.194 e. The second-order valence-corrected chi connectivity index (χ2v) is 5.26. The fourth-order valence-corrected chi connectivity index (χ4v) is 2.44. The number of methoxy groups -OCH3 is 2. The van der Waals surface area contributed by atoms with E-state index >= 15 is 0 Å². The molecule has 0 saturated carbocycles. The molecule has 5 heteroatoms. The van der Waals surface area contributed by atoms with Crippen LogP contribution in [0.25, 0.3) is 0 Å². The summed E-state index contributed by atoms with van der Waals surface area (Å²) in [4.78, 5) is 36.7. The minimum Gasteiger partial charge on any atom is -0.497 e. The number of rotatable bonds is 6. The molecule has 2 aromatic carbocycles.